The molecular weight excluding hydrogens is 596 g/mol. The molecule has 242 valence electrons. The number of benzene rings is 4. The summed E-state index contributed by atoms with van der Waals surface area (Å²) >= 11 is 1.21. The summed E-state index contributed by atoms with van der Waals surface area (Å²) in [4.78, 5) is 0. The Morgan fingerprint density at radius 2 is 1.13 bits per heavy atom. The Balaban J connectivity index is 1.52. The number of aliphatic hydroxyl groups is 4. The second-order valence-electron chi connectivity index (χ2n) is 12.8. The van der Waals surface area contributed by atoms with Crippen molar-refractivity contribution in [3.8, 4) is 0 Å². The molecular formula is C39H44O6S. The second kappa shape index (κ2) is 14.4. The average molecular weight is 641 g/mol. The normalized spacial score (nSPS) is 30.5. The van der Waals surface area contributed by atoms with Crippen LogP contribution in [0, 0.1) is 0 Å². The van der Waals surface area contributed by atoms with Gasteiger partial charge in [-0.3, -0.25) is 0 Å². The Hall–Kier alpha value is -3.01. The summed E-state index contributed by atoms with van der Waals surface area (Å²) in [6.45, 7) is 0.547. The average Bonchev–Trinajstić information content (AvgIpc) is 3.08. The molecule has 0 radical (unpaired) electrons. The molecule has 0 aromatic heterocycles. The highest BCUT2D eigenvalue weighted by atomic mass is 32.2. The maximum absolute atomic E-state index is 13.4. The predicted octanol–water partition coefficient (Wildman–Crippen LogP) is 5.50. The first-order valence-electron chi connectivity index (χ1n) is 16.2. The summed E-state index contributed by atoms with van der Waals surface area (Å²) in [7, 11) is 0. The van der Waals surface area contributed by atoms with Gasteiger partial charge in [0, 0.05) is 25.9 Å². The lowest BCUT2D eigenvalue weighted by Gasteiger charge is -2.62. The van der Waals surface area contributed by atoms with Gasteiger partial charge in [-0.25, -0.2) is 0 Å². The van der Waals surface area contributed by atoms with E-state index in [1.165, 1.54) is 11.8 Å². The summed E-state index contributed by atoms with van der Waals surface area (Å²) in [6, 6.07) is 38.1. The summed E-state index contributed by atoms with van der Waals surface area (Å²) in [5.41, 5.74) is -3.98. The Labute approximate surface area is 276 Å². The van der Waals surface area contributed by atoms with Gasteiger partial charge in [0.1, 0.15) is 22.2 Å². The van der Waals surface area contributed by atoms with Gasteiger partial charge >= 0.3 is 0 Å². The van der Waals surface area contributed by atoms with Crippen molar-refractivity contribution in [2.75, 3.05) is 6.61 Å². The van der Waals surface area contributed by atoms with Crippen LogP contribution < -0.4 is 0 Å². The van der Waals surface area contributed by atoms with Crippen LogP contribution in [0.3, 0.4) is 0 Å². The van der Waals surface area contributed by atoms with E-state index in [4.69, 9.17) is 9.47 Å². The Bertz CT molecular complexity index is 1500. The van der Waals surface area contributed by atoms with Gasteiger partial charge in [0.15, 0.2) is 6.29 Å². The number of ether oxygens (including phenoxy) is 2. The number of thioether (sulfide) groups is 1. The SMILES string of the molecule is OC(Cc1ccccc1)[C@@H]1S[C@H](OC2CCCCO2)[C@@](O)(Cc2ccccc2)[C@](O)(Cc2ccccc2)[C@@]1(O)Cc1ccccc1. The molecule has 4 aromatic carbocycles. The minimum absolute atomic E-state index is 0.00440. The highest BCUT2D eigenvalue weighted by molar-refractivity contribution is 8.00. The molecule has 2 aliphatic rings. The van der Waals surface area contributed by atoms with E-state index in [-0.39, 0.29) is 25.7 Å². The highest BCUT2D eigenvalue weighted by Crippen LogP contribution is 2.56. The first-order valence-corrected chi connectivity index (χ1v) is 17.2. The van der Waals surface area contributed by atoms with Gasteiger partial charge in [-0.05, 0) is 47.9 Å². The van der Waals surface area contributed by atoms with Crippen LogP contribution >= 0.6 is 11.8 Å². The summed E-state index contributed by atoms with van der Waals surface area (Å²) in [6.07, 6.45) is 1.04. The predicted molar refractivity (Wildman–Crippen MR) is 181 cm³/mol. The molecule has 6 rings (SSSR count). The van der Waals surface area contributed by atoms with E-state index >= 15 is 0 Å². The molecule has 2 unspecified atom stereocenters. The zero-order chi connectivity index (χ0) is 32.0. The van der Waals surface area contributed by atoms with Crippen LogP contribution in [0.25, 0.3) is 0 Å². The van der Waals surface area contributed by atoms with E-state index in [0.29, 0.717) is 13.0 Å². The molecule has 4 aromatic rings. The molecule has 2 aliphatic heterocycles. The zero-order valence-electron chi connectivity index (χ0n) is 26.0. The van der Waals surface area contributed by atoms with Crippen LogP contribution in [0.4, 0.5) is 0 Å². The van der Waals surface area contributed by atoms with Crippen LogP contribution in [0.1, 0.15) is 41.5 Å². The Morgan fingerprint density at radius 3 is 1.63 bits per heavy atom. The topological polar surface area (TPSA) is 99.4 Å². The first-order chi connectivity index (χ1) is 22.3. The lowest BCUT2D eigenvalue weighted by molar-refractivity contribution is -0.296. The van der Waals surface area contributed by atoms with E-state index in [1.807, 2.05) is 121 Å². The molecule has 0 spiro atoms. The minimum Gasteiger partial charge on any atom is -0.392 e. The third-order valence-corrected chi connectivity index (χ3v) is 11.3. The van der Waals surface area contributed by atoms with Crippen molar-refractivity contribution in [2.24, 2.45) is 0 Å². The minimum atomic E-state index is -2.18. The van der Waals surface area contributed by atoms with Gasteiger partial charge in [0.25, 0.3) is 0 Å². The number of hydrogen-bond donors (Lipinski definition) is 4. The fourth-order valence-electron chi connectivity index (χ4n) is 7.12. The molecule has 0 amide bonds. The quantitative estimate of drug-likeness (QED) is 0.172. The van der Waals surface area contributed by atoms with Gasteiger partial charge in [-0.1, -0.05) is 121 Å². The Morgan fingerprint density at radius 1 is 0.652 bits per heavy atom. The largest absolute Gasteiger partial charge is 0.392 e. The van der Waals surface area contributed by atoms with Gasteiger partial charge in [-0.2, -0.15) is 0 Å². The molecule has 4 N–H and O–H groups in total. The first kappa shape index (κ1) is 32.9. The molecule has 6 nitrogen and oxygen atoms in total. The van der Waals surface area contributed by atoms with E-state index in [1.54, 1.807) is 0 Å². The van der Waals surface area contributed by atoms with Crippen LogP contribution in [0.5, 0.6) is 0 Å². The maximum Gasteiger partial charge on any atom is 0.159 e. The van der Waals surface area contributed by atoms with Gasteiger partial charge in [-0.15, -0.1) is 11.8 Å². The number of hydrogen-bond acceptors (Lipinski definition) is 7. The summed E-state index contributed by atoms with van der Waals surface area (Å²) in [5, 5.41) is 51.0. The molecule has 0 bridgehead atoms. The Kier molecular flexibility index (Phi) is 10.3. The van der Waals surface area contributed by atoms with E-state index in [9.17, 15) is 20.4 Å². The van der Waals surface area contributed by atoms with Crippen molar-refractivity contribution in [1.82, 2.24) is 0 Å². The molecule has 0 aliphatic carbocycles. The van der Waals surface area contributed by atoms with Crippen LogP contribution in [0.2, 0.25) is 0 Å². The molecule has 7 atom stereocenters. The van der Waals surface area contributed by atoms with Crippen molar-refractivity contribution in [3.63, 3.8) is 0 Å². The van der Waals surface area contributed by atoms with Crippen molar-refractivity contribution < 1.29 is 29.9 Å². The smallest absolute Gasteiger partial charge is 0.159 e. The van der Waals surface area contributed by atoms with Crippen molar-refractivity contribution in [2.45, 2.75) is 84.8 Å². The molecule has 0 saturated carbocycles. The van der Waals surface area contributed by atoms with E-state index in [0.717, 1.165) is 35.1 Å². The van der Waals surface area contributed by atoms with Crippen LogP contribution in [-0.4, -0.2) is 66.9 Å². The highest BCUT2D eigenvalue weighted by Gasteiger charge is 2.72. The van der Waals surface area contributed by atoms with Crippen molar-refractivity contribution in [3.05, 3.63) is 144 Å². The van der Waals surface area contributed by atoms with Gasteiger partial charge in [0.2, 0.25) is 0 Å². The molecule has 46 heavy (non-hydrogen) atoms. The lowest BCUT2D eigenvalue weighted by Crippen LogP contribution is -2.81. The van der Waals surface area contributed by atoms with Gasteiger partial charge < -0.3 is 29.9 Å². The second-order valence-corrected chi connectivity index (χ2v) is 14.0. The monoisotopic (exact) mass is 640 g/mol. The summed E-state index contributed by atoms with van der Waals surface area (Å²) in [5.74, 6) is 0. The van der Waals surface area contributed by atoms with Gasteiger partial charge in [0.05, 0.1) is 11.4 Å². The molecule has 2 heterocycles. The van der Waals surface area contributed by atoms with Crippen molar-refractivity contribution >= 4 is 11.8 Å². The molecule has 7 heteroatoms. The molecule has 2 fully saturated rings. The number of rotatable bonds is 11. The summed E-state index contributed by atoms with van der Waals surface area (Å²) < 4.78 is 12.6. The third-order valence-electron chi connectivity index (χ3n) is 9.55. The van der Waals surface area contributed by atoms with Crippen molar-refractivity contribution in [1.29, 1.82) is 0 Å². The maximum atomic E-state index is 13.4. The molecule has 2 saturated heterocycles. The van der Waals surface area contributed by atoms with E-state index in [2.05, 4.69) is 0 Å². The van der Waals surface area contributed by atoms with Crippen LogP contribution in [0.15, 0.2) is 121 Å². The number of aliphatic hydroxyl groups excluding tert-OH is 1. The fraction of sp³-hybridized carbons (Fsp3) is 0.385. The fourth-order valence-corrected chi connectivity index (χ4v) is 8.86. The third kappa shape index (κ3) is 6.83. The zero-order valence-corrected chi connectivity index (χ0v) is 26.8. The lowest BCUT2D eigenvalue weighted by atomic mass is 9.61. The standard InChI is InChI=1S/C39H44O6S/c40-33(25-29-15-5-1-6-16-29)35-37(41,26-30-17-7-2-8-18-30)39(43,28-32-21-11-4-12-22-32)38(42,27-31-19-9-3-10-20-31)36(46-35)45-34-23-13-14-24-44-34/h1-12,15-22,33-36,40-43H,13-14,23-28H2/t33?,34?,35-,36-,37+,38-,39-/m0/s1. The van der Waals surface area contributed by atoms with Crippen LogP contribution in [-0.2, 0) is 35.2 Å². The van der Waals surface area contributed by atoms with E-state index < -0.39 is 39.9 Å².